The molecule has 5 heteroatoms. The molecule has 34 heavy (non-hydrogen) atoms. The average molecular weight is 454 g/mol. The molecule has 2 amide bonds. The van der Waals surface area contributed by atoms with Gasteiger partial charge in [-0.2, -0.15) is 5.10 Å². The number of aryl methyl sites for hydroxylation is 1. The number of benzene rings is 3. The molecule has 0 saturated heterocycles. The van der Waals surface area contributed by atoms with Crippen LogP contribution in [0.2, 0.25) is 0 Å². The Morgan fingerprint density at radius 3 is 2.50 bits per heavy atom. The Morgan fingerprint density at radius 2 is 1.74 bits per heavy atom. The molecule has 0 aliphatic heterocycles. The van der Waals surface area contributed by atoms with Crippen molar-refractivity contribution in [2.45, 2.75) is 56.4 Å². The summed E-state index contributed by atoms with van der Waals surface area (Å²) >= 11 is 0. The first-order valence-corrected chi connectivity index (χ1v) is 12.3. The van der Waals surface area contributed by atoms with E-state index in [-0.39, 0.29) is 22.7 Å². The van der Waals surface area contributed by atoms with Gasteiger partial charge in [-0.25, -0.2) is 10.2 Å². The zero-order chi connectivity index (χ0) is 23.3. The summed E-state index contributed by atoms with van der Waals surface area (Å²) in [6.45, 7) is 2.13. The van der Waals surface area contributed by atoms with Gasteiger partial charge in [-0.1, -0.05) is 60.2 Å². The third kappa shape index (κ3) is 3.64. The quantitative estimate of drug-likeness (QED) is 0.346. The number of urea groups is 1. The standard InChI is InChI=1S/C29H31N3O2/c1-19-6-9-23(10-7-19)28-13-20-12-21(14-28)16-29(15-20,18-28)31-27(34)32-30-17-25-24-5-3-2-4-22(24)8-11-26(25)33/h2-11,17,20-21,33H,12-16,18H2,1H3,(H2,31,32,34)/b30-17+. The number of hydrogen-bond donors (Lipinski definition) is 3. The highest BCUT2D eigenvalue weighted by molar-refractivity contribution is 6.02. The van der Waals surface area contributed by atoms with E-state index in [0.29, 0.717) is 17.4 Å². The minimum Gasteiger partial charge on any atom is -0.507 e. The Kier molecular flexibility index (Phi) is 4.91. The Morgan fingerprint density at radius 1 is 1.00 bits per heavy atom. The third-order valence-electron chi connectivity index (χ3n) is 8.41. The number of nitrogens with zero attached hydrogens (tertiary/aromatic N) is 1. The van der Waals surface area contributed by atoms with Crippen molar-refractivity contribution >= 4 is 23.0 Å². The van der Waals surface area contributed by atoms with Gasteiger partial charge in [0.25, 0.3) is 0 Å². The lowest BCUT2D eigenvalue weighted by molar-refractivity contribution is -0.0349. The molecule has 3 aromatic rings. The van der Waals surface area contributed by atoms with Gasteiger partial charge in [-0.05, 0) is 85.1 Å². The molecule has 4 fully saturated rings. The number of carbonyl (C=O) groups is 1. The molecule has 4 aliphatic carbocycles. The van der Waals surface area contributed by atoms with Crippen molar-refractivity contribution in [3.63, 3.8) is 0 Å². The summed E-state index contributed by atoms with van der Waals surface area (Å²) in [6, 6.07) is 20.1. The first-order chi connectivity index (χ1) is 16.4. The SMILES string of the molecule is Cc1ccc(C23CC4CC(CC(NC(=O)N/N=C/c5c(O)ccc6ccccc56)(C4)C2)C3)cc1. The number of phenols is 1. The average Bonchev–Trinajstić information content (AvgIpc) is 2.79. The first-order valence-electron chi connectivity index (χ1n) is 12.3. The number of hydrogen-bond acceptors (Lipinski definition) is 3. The van der Waals surface area contributed by atoms with Gasteiger partial charge in [0.05, 0.1) is 6.21 Å². The molecule has 4 bridgehead atoms. The number of amides is 2. The second-order valence-corrected chi connectivity index (χ2v) is 10.9. The molecule has 2 atom stereocenters. The predicted octanol–water partition coefficient (Wildman–Crippen LogP) is 5.78. The lowest BCUT2D eigenvalue weighted by Crippen LogP contribution is -2.65. The third-order valence-corrected chi connectivity index (χ3v) is 8.41. The summed E-state index contributed by atoms with van der Waals surface area (Å²) in [5.74, 6) is 1.48. The molecule has 3 aromatic carbocycles. The highest BCUT2D eigenvalue weighted by Crippen LogP contribution is 2.62. The van der Waals surface area contributed by atoms with E-state index in [2.05, 4.69) is 47.0 Å². The van der Waals surface area contributed by atoms with Crippen LogP contribution in [0.25, 0.3) is 10.8 Å². The van der Waals surface area contributed by atoms with Crippen LogP contribution in [0.5, 0.6) is 5.75 Å². The molecule has 0 radical (unpaired) electrons. The largest absolute Gasteiger partial charge is 0.507 e. The van der Waals surface area contributed by atoms with Gasteiger partial charge in [0.2, 0.25) is 0 Å². The van der Waals surface area contributed by atoms with Gasteiger partial charge in [-0.3, -0.25) is 0 Å². The van der Waals surface area contributed by atoms with Crippen LogP contribution >= 0.6 is 0 Å². The van der Waals surface area contributed by atoms with Crippen molar-refractivity contribution in [1.29, 1.82) is 0 Å². The van der Waals surface area contributed by atoms with E-state index < -0.39 is 0 Å². The van der Waals surface area contributed by atoms with Crippen molar-refractivity contribution < 1.29 is 9.90 Å². The summed E-state index contributed by atoms with van der Waals surface area (Å²) < 4.78 is 0. The fraction of sp³-hybridized carbons (Fsp3) is 0.379. The number of carbonyl (C=O) groups excluding carboxylic acids is 1. The summed E-state index contributed by atoms with van der Waals surface area (Å²) in [5.41, 5.74) is 5.99. The molecule has 5 nitrogen and oxygen atoms in total. The van der Waals surface area contributed by atoms with Crippen molar-refractivity contribution in [3.8, 4) is 5.75 Å². The molecule has 2 unspecified atom stereocenters. The van der Waals surface area contributed by atoms with Gasteiger partial charge in [-0.15, -0.1) is 0 Å². The lowest BCUT2D eigenvalue weighted by Gasteiger charge is -2.62. The molecule has 3 N–H and O–H groups in total. The van der Waals surface area contributed by atoms with E-state index in [1.54, 1.807) is 6.07 Å². The van der Waals surface area contributed by atoms with Crippen molar-refractivity contribution in [1.82, 2.24) is 10.7 Å². The summed E-state index contributed by atoms with van der Waals surface area (Å²) in [6.07, 6.45) is 8.39. The Labute approximate surface area is 200 Å². The van der Waals surface area contributed by atoms with E-state index in [9.17, 15) is 9.90 Å². The predicted molar refractivity (Wildman–Crippen MR) is 135 cm³/mol. The molecule has 7 rings (SSSR count). The number of fused-ring (bicyclic) bond motifs is 1. The van der Waals surface area contributed by atoms with E-state index in [0.717, 1.165) is 30.0 Å². The number of nitrogens with one attached hydrogen (secondary N) is 2. The Hall–Kier alpha value is -3.34. The molecule has 0 spiro atoms. The maximum absolute atomic E-state index is 13.0. The normalized spacial score (nSPS) is 29.6. The molecular formula is C29H31N3O2. The number of aromatic hydroxyl groups is 1. The van der Waals surface area contributed by atoms with Crippen LogP contribution in [0.3, 0.4) is 0 Å². The fourth-order valence-corrected chi connectivity index (χ4v) is 7.50. The minimum absolute atomic E-state index is 0.144. The fourth-order valence-electron chi connectivity index (χ4n) is 7.50. The molecule has 4 saturated carbocycles. The number of phenolic OH excluding ortho intramolecular Hbond substituents is 1. The zero-order valence-corrected chi connectivity index (χ0v) is 19.6. The maximum atomic E-state index is 13.0. The van der Waals surface area contributed by atoms with Crippen LogP contribution in [0.15, 0.2) is 65.8 Å². The molecule has 0 heterocycles. The van der Waals surface area contributed by atoms with Crippen LogP contribution in [0.4, 0.5) is 4.79 Å². The number of rotatable bonds is 4. The Balaban J connectivity index is 1.20. The van der Waals surface area contributed by atoms with Crippen LogP contribution in [0, 0.1) is 18.8 Å². The topological polar surface area (TPSA) is 73.7 Å². The molecule has 0 aromatic heterocycles. The van der Waals surface area contributed by atoms with Crippen molar-refractivity contribution in [2.75, 3.05) is 0 Å². The summed E-state index contributed by atoms with van der Waals surface area (Å²) in [4.78, 5) is 13.0. The number of hydrazone groups is 1. The van der Waals surface area contributed by atoms with Gasteiger partial charge >= 0.3 is 6.03 Å². The minimum atomic E-state index is -0.267. The van der Waals surface area contributed by atoms with Crippen molar-refractivity contribution in [2.24, 2.45) is 16.9 Å². The molecule has 4 aliphatic rings. The van der Waals surface area contributed by atoms with Crippen LogP contribution < -0.4 is 10.7 Å². The molecular weight excluding hydrogens is 422 g/mol. The van der Waals surface area contributed by atoms with E-state index in [4.69, 9.17) is 0 Å². The summed E-state index contributed by atoms with van der Waals surface area (Å²) in [7, 11) is 0. The van der Waals surface area contributed by atoms with Crippen LogP contribution in [0.1, 0.15) is 55.2 Å². The van der Waals surface area contributed by atoms with E-state index in [1.807, 2.05) is 30.3 Å². The second-order valence-electron chi connectivity index (χ2n) is 10.9. The van der Waals surface area contributed by atoms with Gasteiger partial charge in [0, 0.05) is 11.1 Å². The second kappa shape index (κ2) is 7.86. The monoisotopic (exact) mass is 453 g/mol. The van der Waals surface area contributed by atoms with E-state index >= 15 is 0 Å². The highest BCUT2D eigenvalue weighted by atomic mass is 16.3. The van der Waals surface area contributed by atoms with Crippen LogP contribution in [-0.4, -0.2) is 22.9 Å². The molecule has 174 valence electrons. The smallest absolute Gasteiger partial charge is 0.335 e. The van der Waals surface area contributed by atoms with Crippen LogP contribution in [-0.2, 0) is 5.41 Å². The summed E-state index contributed by atoms with van der Waals surface area (Å²) in [5, 5.41) is 19.8. The van der Waals surface area contributed by atoms with Gasteiger partial charge in [0.1, 0.15) is 5.75 Å². The van der Waals surface area contributed by atoms with E-state index in [1.165, 1.54) is 36.6 Å². The van der Waals surface area contributed by atoms with Crippen molar-refractivity contribution in [3.05, 3.63) is 77.4 Å². The highest BCUT2D eigenvalue weighted by Gasteiger charge is 2.58. The maximum Gasteiger partial charge on any atom is 0.335 e. The zero-order valence-electron chi connectivity index (χ0n) is 19.6. The van der Waals surface area contributed by atoms with Gasteiger partial charge in [0.15, 0.2) is 0 Å². The Bertz CT molecular complexity index is 1270. The lowest BCUT2D eigenvalue weighted by atomic mass is 9.45. The first kappa shape index (κ1) is 21.2. The van der Waals surface area contributed by atoms with Gasteiger partial charge < -0.3 is 10.4 Å².